The SMILES string of the molecule is CC1(c2noc(CCCCO)n2)CCCCO1. The molecule has 2 rings (SSSR count). The average molecular weight is 240 g/mol. The molecule has 17 heavy (non-hydrogen) atoms. The van der Waals surface area contributed by atoms with Crippen LogP contribution >= 0.6 is 0 Å². The van der Waals surface area contributed by atoms with Crippen LogP contribution < -0.4 is 0 Å². The highest BCUT2D eigenvalue weighted by Gasteiger charge is 2.34. The Labute approximate surface area is 101 Å². The van der Waals surface area contributed by atoms with E-state index >= 15 is 0 Å². The van der Waals surface area contributed by atoms with Gasteiger partial charge in [0.25, 0.3) is 0 Å². The second-order valence-corrected chi connectivity index (χ2v) is 4.73. The summed E-state index contributed by atoms with van der Waals surface area (Å²) in [5.74, 6) is 1.31. The standard InChI is InChI=1S/C12H20N2O3/c1-12(7-3-5-9-16-12)11-13-10(17-14-11)6-2-4-8-15/h15H,2-9H2,1H3. The Bertz CT molecular complexity index is 345. The Morgan fingerprint density at radius 1 is 1.35 bits per heavy atom. The van der Waals surface area contributed by atoms with Crippen LogP contribution in [0.5, 0.6) is 0 Å². The van der Waals surface area contributed by atoms with Crippen molar-refractivity contribution < 1.29 is 14.4 Å². The topological polar surface area (TPSA) is 68.4 Å². The summed E-state index contributed by atoms with van der Waals surface area (Å²) in [5, 5.41) is 12.7. The van der Waals surface area contributed by atoms with Crippen molar-refractivity contribution in [2.24, 2.45) is 0 Å². The molecule has 0 aliphatic carbocycles. The lowest BCUT2D eigenvalue weighted by Gasteiger charge is -2.30. The maximum atomic E-state index is 8.71. The molecule has 2 heterocycles. The largest absolute Gasteiger partial charge is 0.396 e. The van der Waals surface area contributed by atoms with E-state index in [9.17, 15) is 0 Å². The first-order valence-corrected chi connectivity index (χ1v) is 6.32. The van der Waals surface area contributed by atoms with Crippen LogP contribution in [0.3, 0.4) is 0 Å². The summed E-state index contributed by atoms with van der Waals surface area (Å²) in [6.07, 6.45) is 5.56. The van der Waals surface area contributed by atoms with Gasteiger partial charge in [0.1, 0.15) is 5.60 Å². The molecule has 0 aromatic carbocycles. The summed E-state index contributed by atoms with van der Waals surface area (Å²) in [6, 6.07) is 0. The van der Waals surface area contributed by atoms with E-state index in [1.807, 2.05) is 6.92 Å². The van der Waals surface area contributed by atoms with Crippen LogP contribution in [0, 0.1) is 0 Å². The third-order valence-electron chi connectivity index (χ3n) is 3.21. The molecule has 0 radical (unpaired) electrons. The highest BCUT2D eigenvalue weighted by Crippen LogP contribution is 2.32. The van der Waals surface area contributed by atoms with Gasteiger partial charge in [-0.05, 0) is 39.0 Å². The van der Waals surface area contributed by atoms with Crippen molar-refractivity contribution in [1.29, 1.82) is 0 Å². The average Bonchev–Trinajstić information content (AvgIpc) is 2.80. The molecule has 1 aromatic heterocycles. The predicted molar refractivity (Wildman–Crippen MR) is 61.5 cm³/mol. The molecule has 0 amide bonds. The van der Waals surface area contributed by atoms with Gasteiger partial charge in [-0.3, -0.25) is 0 Å². The minimum Gasteiger partial charge on any atom is -0.396 e. The number of ether oxygens (including phenoxy) is 1. The van der Waals surface area contributed by atoms with Crippen molar-refractivity contribution >= 4 is 0 Å². The van der Waals surface area contributed by atoms with Gasteiger partial charge in [0.2, 0.25) is 11.7 Å². The lowest BCUT2D eigenvalue weighted by molar-refractivity contribution is -0.0770. The van der Waals surface area contributed by atoms with Crippen LogP contribution in [0.2, 0.25) is 0 Å². The second-order valence-electron chi connectivity index (χ2n) is 4.73. The molecule has 1 atom stereocenters. The van der Waals surface area contributed by atoms with Gasteiger partial charge in [-0.25, -0.2) is 0 Å². The number of nitrogens with zero attached hydrogens (tertiary/aromatic N) is 2. The number of aromatic nitrogens is 2. The van der Waals surface area contributed by atoms with Gasteiger partial charge in [0, 0.05) is 19.6 Å². The Hall–Kier alpha value is -0.940. The number of unbranched alkanes of at least 4 members (excludes halogenated alkanes) is 1. The van der Waals surface area contributed by atoms with Crippen LogP contribution in [-0.4, -0.2) is 28.5 Å². The van der Waals surface area contributed by atoms with Gasteiger partial charge < -0.3 is 14.4 Å². The maximum absolute atomic E-state index is 8.71. The molecular weight excluding hydrogens is 220 g/mol. The van der Waals surface area contributed by atoms with Crippen LogP contribution in [-0.2, 0) is 16.8 Å². The van der Waals surface area contributed by atoms with Crippen molar-refractivity contribution in [1.82, 2.24) is 10.1 Å². The van der Waals surface area contributed by atoms with Gasteiger partial charge in [0.15, 0.2) is 0 Å². The summed E-state index contributed by atoms with van der Waals surface area (Å²) in [7, 11) is 0. The number of aliphatic hydroxyl groups is 1. The Morgan fingerprint density at radius 3 is 2.94 bits per heavy atom. The molecule has 0 bridgehead atoms. The molecule has 1 aromatic rings. The highest BCUT2D eigenvalue weighted by atomic mass is 16.5. The van der Waals surface area contributed by atoms with E-state index in [-0.39, 0.29) is 12.2 Å². The van der Waals surface area contributed by atoms with Gasteiger partial charge in [-0.2, -0.15) is 4.98 Å². The van der Waals surface area contributed by atoms with Crippen LogP contribution in [0.4, 0.5) is 0 Å². The smallest absolute Gasteiger partial charge is 0.226 e. The molecule has 96 valence electrons. The van der Waals surface area contributed by atoms with E-state index in [2.05, 4.69) is 10.1 Å². The molecule has 5 heteroatoms. The van der Waals surface area contributed by atoms with Crippen LogP contribution in [0.25, 0.3) is 0 Å². The summed E-state index contributed by atoms with van der Waals surface area (Å²) in [6.45, 7) is 3.00. The summed E-state index contributed by atoms with van der Waals surface area (Å²) in [4.78, 5) is 4.39. The Balaban J connectivity index is 1.96. The third kappa shape index (κ3) is 3.04. The van der Waals surface area contributed by atoms with Crippen LogP contribution in [0.15, 0.2) is 4.52 Å². The normalized spacial score (nSPS) is 25.1. The minimum absolute atomic E-state index is 0.210. The number of aryl methyl sites for hydroxylation is 1. The second kappa shape index (κ2) is 5.60. The van der Waals surface area contributed by atoms with E-state index in [4.69, 9.17) is 14.4 Å². The first-order valence-electron chi connectivity index (χ1n) is 6.32. The fraction of sp³-hybridized carbons (Fsp3) is 0.833. The first kappa shape index (κ1) is 12.5. The molecule has 0 spiro atoms. The summed E-state index contributed by atoms with van der Waals surface area (Å²) >= 11 is 0. The maximum Gasteiger partial charge on any atom is 0.226 e. The molecule has 5 nitrogen and oxygen atoms in total. The Morgan fingerprint density at radius 2 is 2.24 bits per heavy atom. The number of rotatable bonds is 5. The number of aliphatic hydroxyl groups excluding tert-OH is 1. The van der Waals surface area contributed by atoms with Crippen molar-refractivity contribution in [2.45, 2.75) is 51.0 Å². The van der Waals surface area contributed by atoms with E-state index in [1.165, 1.54) is 0 Å². The first-order chi connectivity index (χ1) is 8.24. The van der Waals surface area contributed by atoms with Crippen molar-refractivity contribution in [3.63, 3.8) is 0 Å². The molecule has 1 saturated heterocycles. The lowest BCUT2D eigenvalue weighted by Crippen LogP contribution is -2.31. The van der Waals surface area contributed by atoms with E-state index < -0.39 is 0 Å². The Kier molecular flexibility index (Phi) is 4.12. The molecule has 1 fully saturated rings. The quantitative estimate of drug-likeness (QED) is 0.795. The fourth-order valence-corrected chi connectivity index (χ4v) is 2.07. The van der Waals surface area contributed by atoms with E-state index in [0.29, 0.717) is 11.7 Å². The summed E-state index contributed by atoms with van der Waals surface area (Å²) in [5.41, 5.74) is -0.378. The lowest BCUT2D eigenvalue weighted by atomic mass is 9.95. The van der Waals surface area contributed by atoms with E-state index in [0.717, 1.165) is 45.1 Å². The fourth-order valence-electron chi connectivity index (χ4n) is 2.07. The molecule has 1 N–H and O–H groups in total. The number of hydrogen-bond donors (Lipinski definition) is 1. The number of hydrogen-bond acceptors (Lipinski definition) is 5. The molecule has 1 aliphatic rings. The molecule has 0 saturated carbocycles. The molecule has 1 aliphatic heterocycles. The minimum atomic E-state index is -0.378. The zero-order valence-electron chi connectivity index (χ0n) is 10.3. The van der Waals surface area contributed by atoms with Gasteiger partial charge >= 0.3 is 0 Å². The highest BCUT2D eigenvalue weighted by molar-refractivity contribution is 5.00. The van der Waals surface area contributed by atoms with Crippen molar-refractivity contribution in [3.8, 4) is 0 Å². The van der Waals surface area contributed by atoms with Crippen molar-refractivity contribution in [2.75, 3.05) is 13.2 Å². The molecular formula is C12H20N2O3. The zero-order valence-corrected chi connectivity index (χ0v) is 10.3. The molecule has 1 unspecified atom stereocenters. The zero-order chi connectivity index (χ0) is 12.1. The third-order valence-corrected chi connectivity index (χ3v) is 3.21. The monoisotopic (exact) mass is 240 g/mol. The van der Waals surface area contributed by atoms with Gasteiger partial charge in [-0.1, -0.05) is 5.16 Å². The summed E-state index contributed by atoms with van der Waals surface area (Å²) < 4.78 is 11.0. The van der Waals surface area contributed by atoms with E-state index in [1.54, 1.807) is 0 Å². The van der Waals surface area contributed by atoms with Gasteiger partial charge in [0.05, 0.1) is 0 Å². The van der Waals surface area contributed by atoms with Gasteiger partial charge in [-0.15, -0.1) is 0 Å². The predicted octanol–water partition coefficient (Wildman–Crippen LogP) is 1.80. The van der Waals surface area contributed by atoms with Crippen LogP contribution in [0.1, 0.15) is 50.7 Å². The van der Waals surface area contributed by atoms with Crippen molar-refractivity contribution in [3.05, 3.63) is 11.7 Å².